The van der Waals surface area contributed by atoms with Gasteiger partial charge in [-0.3, -0.25) is 0 Å². The maximum Gasteiger partial charge on any atom is 0.131 e. The van der Waals surface area contributed by atoms with Crippen molar-refractivity contribution in [1.82, 2.24) is 9.55 Å². The van der Waals surface area contributed by atoms with Gasteiger partial charge in [0.1, 0.15) is 12.1 Å². The quantitative estimate of drug-likeness (QED) is 0.738. The molecule has 0 aromatic carbocycles. The van der Waals surface area contributed by atoms with Gasteiger partial charge in [-0.2, -0.15) is 0 Å². The maximum absolute atomic E-state index is 9.77. The maximum atomic E-state index is 9.77. The number of aliphatic hydroxyl groups excluding tert-OH is 1. The lowest BCUT2D eigenvalue weighted by Gasteiger charge is -2.23. The van der Waals surface area contributed by atoms with Crippen LogP contribution in [0.15, 0.2) is 6.20 Å². The molecular weight excluding hydrogens is 176 g/mol. The number of aryl methyl sites for hydroxylation is 1. The van der Waals surface area contributed by atoms with Gasteiger partial charge in [-0.1, -0.05) is 6.42 Å². The first-order valence-corrected chi connectivity index (χ1v) is 5.60. The van der Waals surface area contributed by atoms with Crippen molar-refractivity contribution < 1.29 is 5.11 Å². The Labute approximate surface area is 83.8 Å². The molecule has 1 fully saturated rings. The van der Waals surface area contributed by atoms with Crippen LogP contribution in [0.4, 0.5) is 0 Å². The summed E-state index contributed by atoms with van der Waals surface area (Å²) < 4.78 is 1.97. The Balaban J connectivity index is 1.93. The lowest BCUT2D eigenvalue weighted by molar-refractivity contribution is 0.0780. The normalized spacial score (nSPS) is 27.1. The van der Waals surface area contributed by atoms with E-state index in [-0.39, 0.29) is 6.23 Å². The third-order valence-corrected chi connectivity index (χ3v) is 3.53. The number of nitrogens with zero attached hydrogens (tertiary/aromatic N) is 2. The fraction of sp³-hybridized carbons (Fsp3) is 0.727. The van der Waals surface area contributed by atoms with Crippen molar-refractivity contribution in [2.24, 2.45) is 0 Å². The highest BCUT2D eigenvalue weighted by Gasteiger charge is 2.26. The number of imidazole rings is 1. The van der Waals surface area contributed by atoms with E-state index in [1.54, 1.807) is 0 Å². The second kappa shape index (κ2) is 3.09. The van der Waals surface area contributed by atoms with E-state index in [0.29, 0.717) is 5.92 Å². The van der Waals surface area contributed by atoms with Gasteiger partial charge in [-0.05, 0) is 25.7 Å². The van der Waals surface area contributed by atoms with Gasteiger partial charge in [0, 0.05) is 18.5 Å². The van der Waals surface area contributed by atoms with Gasteiger partial charge in [0.25, 0.3) is 0 Å². The van der Waals surface area contributed by atoms with Crippen LogP contribution in [0.3, 0.4) is 0 Å². The molecule has 3 nitrogen and oxygen atoms in total. The van der Waals surface area contributed by atoms with Crippen LogP contribution in [0.1, 0.15) is 55.8 Å². The molecule has 0 amide bonds. The SMILES string of the molecule is OC1CCCc2nc(C3CCC3)cn21. The summed E-state index contributed by atoms with van der Waals surface area (Å²) in [5.74, 6) is 1.77. The highest BCUT2D eigenvalue weighted by atomic mass is 16.3. The topological polar surface area (TPSA) is 38.1 Å². The van der Waals surface area contributed by atoms with Crippen LogP contribution in [0, 0.1) is 0 Å². The van der Waals surface area contributed by atoms with Crippen molar-refractivity contribution in [3.05, 3.63) is 17.7 Å². The predicted molar refractivity (Wildman–Crippen MR) is 53.0 cm³/mol. The monoisotopic (exact) mass is 192 g/mol. The average Bonchev–Trinajstić information content (AvgIpc) is 2.46. The molecule has 2 aliphatic rings. The minimum atomic E-state index is -0.319. The summed E-state index contributed by atoms with van der Waals surface area (Å²) in [4.78, 5) is 4.63. The minimum absolute atomic E-state index is 0.319. The molecule has 1 N–H and O–H groups in total. The van der Waals surface area contributed by atoms with E-state index < -0.39 is 0 Å². The van der Waals surface area contributed by atoms with Crippen molar-refractivity contribution in [2.75, 3.05) is 0 Å². The smallest absolute Gasteiger partial charge is 0.131 e. The van der Waals surface area contributed by atoms with Crippen molar-refractivity contribution in [3.63, 3.8) is 0 Å². The second-order valence-corrected chi connectivity index (χ2v) is 4.49. The molecule has 0 radical (unpaired) electrons. The van der Waals surface area contributed by atoms with Crippen molar-refractivity contribution in [3.8, 4) is 0 Å². The number of hydrogen-bond donors (Lipinski definition) is 1. The fourth-order valence-corrected chi connectivity index (χ4v) is 2.38. The van der Waals surface area contributed by atoms with Crippen LogP contribution in [0.5, 0.6) is 0 Å². The summed E-state index contributed by atoms with van der Waals surface area (Å²) in [5, 5.41) is 9.77. The van der Waals surface area contributed by atoms with Gasteiger partial charge < -0.3 is 9.67 Å². The molecule has 3 rings (SSSR count). The molecule has 0 spiro atoms. The van der Waals surface area contributed by atoms with Gasteiger partial charge in [0.2, 0.25) is 0 Å². The summed E-state index contributed by atoms with van der Waals surface area (Å²) in [6.45, 7) is 0. The molecule has 1 aromatic rings. The van der Waals surface area contributed by atoms with E-state index in [1.807, 2.05) is 4.57 Å². The van der Waals surface area contributed by atoms with Crippen molar-refractivity contribution >= 4 is 0 Å². The van der Waals surface area contributed by atoms with Gasteiger partial charge in [-0.25, -0.2) is 4.98 Å². The van der Waals surface area contributed by atoms with Crippen LogP contribution in [0.25, 0.3) is 0 Å². The Bertz CT molecular complexity index is 341. The molecule has 0 saturated heterocycles. The molecular formula is C11H16N2O. The summed E-state index contributed by atoms with van der Waals surface area (Å²) in [6.07, 6.45) is 8.65. The van der Waals surface area contributed by atoms with E-state index >= 15 is 0 Å². The van der Waals surface area contributed by atoms with Gasteiger partial charge in [0.15, 0.2) is 0 Å². The number of fused-ring (bicyclic) bond motifs is 1. The number of aromatic nitrogens is 2. The number of rotatable bonds is 1. The largest absolute Gasteiger partial charge is 0.373 e. The Morgan fingerprint density at radius 3 is 2.79 bits per heavy atom. The van der Waals surface area contributed by atoms with Crippen molar-refractivity contribution in [1.29, 1.82) is 0 Å². The molecule has 14 heavy (non-hydrogen) atoms. The van der Waals surface area contributed by atoms with Crippen LogP contribution in [0.2, 0.25) is 0 Å². The van der Waals surface area contributed by atoms with Crippen LogP contribution in [-0.2, 0) is 6.42 Å². The highest BCUT2D eigenvalue weighted by molar-refractivity contribution is 5.13. The molecule has 1 aliphatic heterocycles. The molecule has 0 bridgehead atoms. The predicted octanol–water partition coefficient (Wildman–Crippen LogP) is 1.98. The summed E-state index contributed by atoms with van der Waals surface area (Å²) in [5.41, 5.74) is 1.22. The Morgan fingerprint density at radius 1 is 1.29 bits per heavy atom. The zero-order valence-corrected chi connectivity index (χ0v) is 8.32. The van der Waals surface area contributed by atoms with Crippen LogP contribution >= 0.6 is 0 Å². The van der Waals surface area contributed by atoms with Crippen molar-refractivity contribution in [2.45, 2.75) is 50.7 Å². The molecule has 1 saturated carbocycles. The molecule has 1 unspecified atom stereocenters. The Kier molecular flexibility index (Phi) is 1.87. The van der Waals surface area contributed by atoms with Gasteiger partial charge >= 0.3 is 0 Å². The first kappa shape index (κ1) is 8.48. The Hall–Kier alpha value is -0.830. The molecule has 1 aliphatic carbocycles. The van der Waals surface area contributed by atoms with E-state index in [9.17, 15) is 5.11 Å². The number of aliphatic hydroxyl groups is 1. The highest BCUT2D eigenvalue weighted by Crippen LogP contribution is 2.37. The third kappa shape index (κ3) is 1.19. The molecule has 1 aromatic heterocycles. The lowest BCUT2D eigenvalue weighted by atomic mass is 9.83. The van der Waals surface area contributed by atoms with E-state index in [0.717, 1.165) is 25.1 Å². The third-order valence-electron chi connectivity index (χ3n) is 3.53. The molecule has 1 atom stereocenters. The minimum Gasteiger partial charge on any atom is -0.373 e. The summed E-state index contributed by atoms with van der Waals surface area (Å²) in [6, 6.07) is 0. The standard InChI is InChI=1S/C11H16N2O/c14-11-6-2-5-10-12-9(7-13(10)11)8-3-1-4-8/h7-8,11,14H,1-6H2. The first-order chi connectivity index (χ1) is 6.84. The zero-order valence-electron chi connectivity index (χ0n) is 8.32. The average molecular weight is 192 g/mol. The molecule has 2 heterocycles. The van der Waals surface area contributed by atoms with E-state index in [1.165, 1.54) is 25.0 Å². The molecule has 76 valence electrons. The summed E-state index contributed by atoms with van der Waals surface area (Å²) in [7, 11) is 0. The van der Waals surface area contributed by atoms with Crippen LogP contribution in [-0.4, -0.2) is 14.7 Å². The fourth-order valence-electron chi connectivity index (χ4n) is 2.38. The second-order valence-electron chi connectivity index (χ2n) is 4.49. The van der Waals surface area contributed by atoms with E-state index in [4.69, 9.17) is 0 Å². The number of hydrogen-bond acceptors (Lipinski definition) is 2. The Morgan fingerprint density at radius 2 is 2.14 bits per heavy atom. The summed E-state index contributed by atoms with van der Waals surface area (Å²) >= 11 is 0. The van der Waals surface area contributed by atoms with Gasteiger partial charge in [-0.15, -0.1) is 0 Å². The zero-order chi connectivity index (χ0) is 9.54. The van der Waals surface area contributed by atoms with Crippen LogP contribution < -0.4 is 0 Å². The first-order valence-electron chi connectivity index (χ1n) is 5.60. The lowest BCUT2D eigenvalue weighted by Crippen LogP contribution is -2.16. The van der Waals surface area contributed by atoms with Gasteiger partial charge in [0.05, 0.1) is 5.69 Å². The van der Waals surface area contributed by atoms with E-state index in [2.05, 4.69) is 11.2 Å². The molecule has 3 heteroatoms.